The van der Waals surface area contributed by atoms with Crippen LogP contribution in [0, 0.1) is 10.1 Å². The summed E-state index contributed by atoms with van der Waals surface area (Å²) in [5.41, 5.74) is 2.88. The van der Waals surface area contributed by atoms with Crippen molar-refractivity contribution in [2.75, 3.05) is 0 Å². The van der Waals surface area contributed by atoms with Gasteiger partial charge in [0.05, 0.1) is 10.6 Å². The molecular formula is C15H9BrN2O2S. The molecule has 0 radical (unpaired) electrons. The summed E-state index contributed by atoms with van der Waals surface area (Å²) in [6, 6.07) is 14.3. The van der Waals surface area contributed by atoms with Crippen LogP contribution in [0.2, 0.25) is 0 Å². The molecule has 0 aliphatic heterocycles. The topological polar surface area (TPSA) is 56.0 Å². The van der Waals surface area contributed by atoms with E-state index in [1.165, 1.54) is 23.5 Å². The van der Waals surface area contributed by atoms with Crippen molar-refractivity contribution < 1.29 is 4.92 Å². The Morgan fingerprint density at radius 2 is 1.81 bits per heavy atom. The molecule has 0 unspecified atom stereocenters. The highest BCUT2D eigenvalue weighted by atomic mass is 79.9. The Balaban J connectivity index is 1.95. The van der Waals surface area contributed by atoms with Crippen LogP contribution < -0.4 is 0 Å². The third-order valence-corrected chi connectivity index (χ3v) is 4.56. The summed E-state index contributed by atoms with van der Waals surface area (Å²) in [6.45, 7) is 0. The van der Waals surface area contributed by atoms with E-state index in [4.69, 9.17) is 0 Å². The number of hydrogen-bond acceptors (Lipinski definition) is 4. The molecule has 3 rings (SSSR count). The molecule has 2 aromatic carbocycles. The van der Waals surface area contributed by atoms with E-state index in [0.717, 1.165) is 26.3 Å². The molecule has 0 spiro atoms. The van der Waals surface area contributed by atoms with Gasteiger partial charge in [0.2, 0.25) is 0 Å². The first kappa shape index (κ1) is 13.9. The number of nitrogens with zero attached hydrogens (tertiary/aromatic N) is 2. The molecule has 3 aromatic rings. The summed E-state index contributed by atoms with van der Waals surface area (Å²) in [4.78, 5) is 14.9. The Kier molecular flexibility index (Phi) is 3.81. The van der Waals surface area contributed by atoms with Crippen LogP contribution in [0.15, 0.2) is 58.4 Å². The van der Waals surface area contributed by atoms with Crippen molar-refractivity contribution in [3.05, 3.63) is 68.5 Å². The van der Waals surface area contributed by atoms with Gasteiger partial charge in [-0.2, -0.15) is 0 Å². The van der Waals surface area contributed by atoms with Crippen LogP contribution in [-0.4, -0.2) is 9.91 Å². The maximum absolute atomic E-state index is 10.7. The van der Waals surface area contributed by atoms with E-state index in [-0.39, 0.29) is 5.69 Å². The van der Waals surface area contributed by atoms with Crippen molar-refractivity contribution in [3.63, 3.8) is 0 Å². The molecule has 104 valence electrons. The predicted octanol–water partition coefficient (Wildman–Crippen LogP) is 5.15. The van der Waals surface area contributed by atoms with Gasteiger partial charge in [-0.1, -0.05) is 34.1 Å². The number of nitro groups is 1. The number of aromatic nitrogens is 1. The summed E-state index contributed by atoms with van der Waals surface area (Å²) in [6.07, 6.45) is 0. The quantitative estimate of drug-likeness (QED) is 0.479. The minimum Gasteiger partial charge on any atom is -0.258 e. The van der Waals surface area contributed by atoms with E-state index in [0.29, 0.717) is 0 Å². The van der Waals surface area contributed by atoms with Crippen molar-refractivity contribution >= 4 is 33.0 Å². The van der Waals surface area contributed by atoms with Crippen LogP contribution in [0.3, 0.4) is 0 Å². The van der Waals surface area contributed by atoms with Crippen LogP contribution in [0.5, 0.6) is 0 Å². The largest absolute Gasteiger partial charge is 0.269 e. The van der Waals surface area contributed by atoms with Crippen molar-refractivity contribution in [2.45, 2.75) is 0 Å². The number of hydrogen-bond donors (Lipinski definition) is 0. The summed E-state index contributed by atoms with van der Waals surface area (Å²) >= 11 is 5.03. The number of rotatable bonds is 3. The van der Waals surface area contributed by atoms with Gasteiger partial charge in [-0.3, -0.25) is 10.1 Å². The lowest BCUT2D eigenvalue weighted by Crippen LogP contribution is -1.87. The molecule has 0 atom stereocenters. The highest BCUT2D eigenvalue weighted by Gasteiger charge is 2.10. The summed E-state index contributed by atoms with van der Waals surface area (Å²) < 4.78 is 0.991. The molecule has 4 nitrogen and oxygen atoms in total. The third kappa shape index (κ3) is 2.86. The molecule has 0 aliphatic rings. The zero-order valence-corrected chi connectivity index (χ0v) is 13.1. The lowest BCUT2D eigenvalue weighted by atomic mass is 10.2. The van der Waals surface area contributed by atoms with E-state index in [1.807, 2.05) is 29.6 Å². The molecular weight excluding hydrogens is 352 g/mol. The van der Waals surface area contributed by atoms with Gasteiger partial charge in [-0.05, 0) is 18.2 Å². The van der Waals surface area contributed by atoms with E-state index in [1.54, 1.807) is 12.1 Å². The normalized spacial score (nSPS) is 10.5. The number of halogens is 1. The first-order valence-corrected chi connectivity index (χ1v) is 7.77. The second kappa shape index (κ2) is 5.75. The molecule has 0 fully saturated rings. The second-order valence-corrected chi connectivity index (χ2v) is 6.03. The second-order valence-electron chi connectivity index (χ2n) is 4.32. The zero-order chi connectivity index (χ0) is 14.8. The maximum atomic E-state index is 10.7. The Hall–Kier alpha value is -2.05. The smallest absolute Gasteiger partial charge is 0.258 e. The van der Waals surface area contributed by atoms with Crippen LogP contribution in [-0.2, 0) is 0 Å². The van der Waals surface area contributed by atoms with Crippen LogP contribution in [0.4, 0.5) is 5.69 Å². The Bertz CT molecular complexity index is 799. The van der Waals surface area contributed by atoms with Gasteiger partial charge in [0, 0.05) is 33.1 Å². The number of nitro benzene ring substituents is 1. The molecule has 21 heavy (non-hydrogen) atoms. The van der Waals surface area contributed by atoms with E-state index < -0.39 is 4.92 Å². The van der Waals surface area contributed by atoms with E-state index in [9.17, 15) is 10.1 Å². The molecule has 0 saturated carbocycles. The molecule has 0 saturated heterocycles. The highest BCUT2D eigenvalue weighted by Crippen LogP contribution is 2.33. The number of non-ortho nitro benzene ring substituents is 1. The molecule has 0 amide bonds. The molecule has 1 aromatic heterocycles. The number of thiazole rings is 1. The molecule has 0 aliphatic carbocycles. The zero-order valence-electron chi connectivity index (χ0n) is 10.7. The van der Waals surface area contributed by atoms with Crippen LogP contribution >= 0.6 is 27.3 Å². The Labute approximate surface area is 133 Å². The summed E-state index contributed by atoms with van der Waals surface area (Å²) in [7, 11) is 0. The standard InChI is InChI=1S/C15H9BrN2O2S/c16-13-4-2-1-3-12(13)14-9-21-15(17-14)10-5-7-11(8-6-10)18(19)20/h1-9H. The first-order chi connectivity index (χ1) is 10.1. The minimum absolute atomic E-state index is 0.0846. The van der Waals surface area contributed by atoms with Crippen molar-refractivity contribution in [1.82, 2.24) is 4.98 Å². The minimum atomic E-state index is -0.405. The predicted molar refractivity (Wildman–Crippen MR) is 87.3 cm³/mol. The molecule has 1 heterocycles. The van der Waals surface area contributed by atoms with E-state index >= 15 is 0 Å². The maximum Gasteiger partial charge on any atom is 0.269 e. The van der Waals surface area contributed by atoms with Gasteiger partial charge < -0.3 is 0 Å². The van der Waals surface area contributed by atoms with Gasteiger partial charge in [0.15, 0.2) is 0 Å². The fraction of sp³-hybridized carbons (Fsp3) is 0. The van der Waals surface area contributed by atoms with Crippen molar-refractivity contribution in [2.24, 2.45) is 0 Å². The van der Waals surface area contributed by atoms with Gasteiger partial charge in [0.25, 0.3) is 5.69 Å². The van der Waals surface area contributed by atoms with E-state index in [2.05, 4.69) is 20.9 Å². The van der Waals surface area contributed by atoms with Gasteiger partial charge in [-0.25, -0.2) is 4.98 Å². The van der Waals surface area contributed by atoms with Gasteiger partial charge in [0.1, 0.15) is 5.01 Å². The summed E-state index contributed by atoms with van der Waals surface area (Å²) in [5.74, 6) is 0. The van der Waals surface area contributed by atoms with Crippen molar-refractivity contribution in [1.29, 1.82) is 0 Å². The van der Waals surface area contributed by atoms with Crippen LogP contribution in [0.1, 0.15) is 0 Å². The lowest BCUT2D eigenvalue weighted by molar-refractivity contribution is -0.384. The van der Waals surface area contributed by atoms with Crippen molar-refractivity contribution in [3.8, 4) is 21.8 Å². The molecule has 6 heteroatoms. The Morgan fingerprint density at radius 1 is 1.10 bits per heavy atom. The average Bonchev–Trinajstić information content (AvgIpc) is 2.97. The first-order valence-electron chi connectivity index (χ1n) is 6.10. The van der Waals surface area contributed by atoms with Gasteiger partial charge in [-0.15, -0.1) is 11.3 Å². The molecule has 0 N–H and O–H groups in total. The van der Waals surface area contributed by atoms with Crippen LogP contribution in [0.25, 0.3) is 21.8 Å². The average molecular weight is 361 g/mol. The third-order valence-electron chi connectivity index (χ3n) is 2.98. The monoisotopic (exact) mass is 360 g/mol. The number of benzene rings is 2. The summed E-state index contributed by atoms with van der Waals surface area (Å²) in [5, 5.41) is 13.5. The highest BCUT2D eigenvalue weighted by molar-refractivity contribution is 9.10. The lowest BCUT2D eigenvalue weighted by Gasteiger charge is -1.99. The fourth-order valence-electron chi connectivity index (χ4n) is 1.92. The molecule has 0 bridgehead atoms. The van der Waals surface area contributed by atoms with Gasteiger partial charge >= 0.3 is 0 Å². The fourth-order valence-corrected chi connectivity index (χ4v) is 3.24. The SMILES string of the molecule is O=[N+]([O-])c1ccc(-c2nc(-c3ccccc3Br)cs2)cc1. The Morgan fingerprint density at radius 3 is 2.48 bits per heavy atom.